The molecule has 1 N–H and O–H groups in total. The van der Waals surface area contributed by atoms with Crippen molar-refractivity contribution in [3.8, 4) is 0 Å². The first-order chi connectivity index (χ1) is 12.5. The monoisotopic (exact) mass is 356 g/mol. The summed E-state index contributed by atoms with van der Waals surface area (Å²) < 4.78 is 0. The molecule has 8 nitrogen and oxygen atoms in total. The average molecular weight is 356 g/mol. The summed E-state index contributed by atoms with van der Waals surface area (Å²) in [6.45, 7) is 7.07. The second-order valence-electron chi connectivity index (χ2n) is 6.80. The fourth-order valence-electron chi connectivity index (χ4n) is 3.18. The molecule has 1 saturated heterocycles. The van der Waals surface area contributed by atoms with Crippen molar-refractivity contribution in [1.82, 2.24) is 30.0 Å². The molecule has 1 aliphatic heterocycles. The number of hydrogen-bond donors (Lipinski definition) is 1. The van der Waals surface area contributed by atoms with Crippen molar-refractivity contribution in [3.05, 3.63) is 41.7 Å². The van der Waals surface area contributed by atoms with Gasteiger partial charge < -0.3 is 9.80 Å². The van der Waals surface area contributed by atoms with E-state index in [-0.39, 0.29) is 23.8 Å². The van der Waals surface area contributed by atoms with Crippen molar-refractivity contribution in [2.45, 2.75) is 33.2 Å². The van der Waals surface area contributed by atoms with E-state index in [9.17, 15) is 9.59 Å². The van der Waals surface area contributed by atoms with Gasteiger partial charge in [-0.2, -0.15) is 5.10 Å². The summed E-state index contributed by atoms with van der Waals surface area (Å²) >= 11 is 0. The molecule has 1 unspecified atom stereocenters. The van der Waals surface area contributed by atoms with Crippen LogP contribution >= 0.6 is 0 Å². The van der Waals surface area contributed by atoms with Crippen molar-refractivity contribution >= 4 is 11.8 Å². The second kappa shape index (κ2) is 7.63. The number of amides is 2. The Balaban J connectivity index is 1.83. The maximum Gasteiger partial charge on any atom is 0.255 e. The first kappa shape index (κ1) is 18.0. The van der Waals surface area contributed by atoms with Crippen molar-refractivity contribution < 1.29 is 9.59 Å². The van der Waals surface area contributed by atoms with Crippen molar-refractivity contribution in [2.24, 2.45) is 5.92 Å². The summed E-state index contributed by atoms with van der Waals surface area (Å²) in [7, 11) is 0. The number of carbonyl (C=O) groups excluding carboxylic acids is 2. The van der Waals surface area contributed by atoms with Gasteiger partial charge in [-0.05, 0) is 25.5 Å². The maximum atomic E-state index is 12.8. The van der Waals surface area contributed by atoms with Crippen LogP contribution in [-0.2, 0) is 4.79 Å². The first-order valence-electron chi connectivity index (χ1n) is 8.86. The van der Waals surface area contributed by atoms with Crippen LogP contribution in [0.3, 0.4) is 0 Å². The number of nitrogens with zero attached hydrogens (tertiary/aromatic N) is 5. The number of nitrogens with one attached hydrogen (secondary N) is 1. The summed E-state index contributed by atoms with van der Waals surface area (Å²) in [5.41, 5.74) is 0.557. The van der Waals surface area contributed by atoms with Crippen molar-refractivity contribution in [2.75, 3.05) is 19.6 Å². The van der Waals surface area contributed by atoms with Crippen LogP contribution in [-0.4, -0.2) is 61.4 Å². The van der Waals surface area contributed by atoms with Crippen molar-refractivity contribution in [3.63, 3.8) is 0 Å². The minimum absolute atomic E-state index is 0.0492. The van der Waals surface area contributed by atoms with E-state index in [2.05, 4.69) is 20.2 Å². The molecule has 1 fully saturated rings. The highest BCUT2D eigenvalue weighted by atomic mass is 16.2. The van der Waals surface area contributed by atoms with Gasteiger partial charge in [0.2, 0.25) is 5.91 Å². The third-order valence-corrected chi connectivity index (χ3v) is 4.54. The Bertz CT molecular complexity index is 773. The van der Waals surface area contributed by atoms with Gasteiger partial charge in [-0.1, -0.05) is 13.8 Å². The second-order valence-corrected chi connectivity index (χ2v) is 6.80. The summed E-state index contributed by atoms with van der Waals surface area (Å²) in [6, 6.07) is 3.27. The molecule has 0 bridgehead atoms. The van der Waals surface area contributed by atoms with E-state index in [1.807, 2.05) is 25.7 Å². The molecule has 3 rings (SSSR count). The molecule has 2 amide bonds. The minimum atomic E-state index is -0.235. The maximum absolute atomic E-state index is 12.8. The Hall–Kier alpha value is -2.77. The summed E-state index contributed by atoms with van der Waals surface area (Å²) in [6.07, 6.45) is 3.81. The van der Waals surface area contributed by atoms with Crippen LogP contribution < -0.4 is 0 Å². The SMILES string of the molecule is Cc1nc(C2CCN(C(=O)c3cccnc3)CCN2C(=O)C(C)C)n[nH]1. The molecule has 0 saturated carbocycles. The highest BCUT2D eigenvalue weighted by Gasteiger charge is 2.33. The molecule has 0 aliphatic carbocycles. The van der Waals surface area contributed by atoms with Crippen LogP contribution in [0.2, 0.25) is 0 Å². The average Bonchev–Trinajstić information content (AvgIpc) is 2.95. The first-order valence-corrected chi connectivity index (χ1v) is 8.86. The van der Waals surface area contributed by atoms with Gasteiger partial charge in [-0.3, -0.25) is 19.7 Å². The lowest BCUT2D eigenvalue weighted by Gasteiger charge is -2.29. The molecule has 8 heteroatoms. The smallest absolute Gasteiger partial charge is 0.255 e. The fraction of sp³-hybridized carbons (Fsp3) is 0.500. The van der Waals surface area contributed by atoms with Crippen molar-refractivity contribution in [1.29, 1.82) is 0 Å². The summed E-state index contributed by atoms with van der Waals surface area (Å²) in [5, 5.41) is 7.10. The predicted octanol–water partition coefficient (Wildman–Crippen LogP) is 1.58. The van der Waals surface area contributed by atoms with E-state index >= 15 is 0 Å². The molecule has 2 aromatic rings. The lowest BCUT2D eigenvalue weighted by molar-refractivity contribution is -0.137. The number of aromatic nitrogens is 4. The number of pyridine rings is 1. The third-order valence-electron chi connectivity index (χ3n) is 4.54. The zero-order valence-electron chi connectivity index (χ0n) is 15.3. The topological polar surface area (TPSA) is 95.1 Å². The van der Waals surface area contributed by atoms with Gasteiger partial charge in [0.25, 0.3) is 5.91 Å². The highest BCUT2D eigenvalue weighted by Crippen LogP contribution is 2.26. The van der Waals surface area contributed by atoms with Gasteiger partial charge in [-0.15, -0.1) is 0 Å². The van der Waals surface area contributed by atoms with E-state index in [0.29, 0.717) is 43.3 Å². The van der Waals surface area contributed by atoms with E-state index in [1.54, 1.807) is 29.4 Å². The molecule has 26 heavy (non-hydrogen) atoms. The van der Waals surface area contributed by atoms with Crippen LogP contribution in [0.15, 0.2) is 24.5 Å². The Morgan fingerprint density at radius 1 is 1.27 bits per heavy atom. The molecule has 3 heterocycles. The van der Waals surface area contributed by atoms with Crippen LogP contribution in [0.25, 0.3) is 0 Å². The summed E-state index contributed by atoms with van der Waals surface area (Å²) in [4.78, 5) is 37.5. The van der Waals surface area contributed by atoms with Crippen LogP contribution in [0.4, 0.5) is 0 Å². The normalized spacial score (nSPS) is 18.1. The number of H-pyrrole nitrogens is 1. The quantitative estimate of drug-likeness (QED) is 0.901. The minimum Gasteiger partial charge on any atom is -0.337 e. The molecule has 2 aromatic heterocycles. The van der Waals surface area contributed by atoms with E-state index in [1.165, 1.54) is 0 Å². The number of rotatable bonds is 3. The van der Waals surface area contributed by atoms with Gasteiger partial charge in [0.05, 0.1) is 11.6 Å². The molecule has 0 aromatic carbocycles. The largest absolute Gasteiger partial charge is 0.337 e. The van der Waals surface area contributed by atoms with Gasteiger partial charge in [0, 0.05) is 37.9 Å². The Kier molecular flexibility index (Phi) is 5.29. The molecule has 0 radical (unpaired) electrons. The lowest BCUT2D eigenvalue weighted by atomic mass is 10.1. The van der Waals surface area contributed by atoms with Gasteiger partial charge in [0.1, 0.15) is 5.82 Å². The number of aromatic amines is 1. The van der Waals surface area contributed by atoms with E-state index in [0.717, 1.165) is 0 Å². The zero-order valence-corrected chi connectivity index (χ0v) is 15.3. The van der Waals surface area contributed by atoms with Crippen LogP contribution in [0.1, 0.15) is 48.3 Å². The predicted molar refractivity (Wildman–Crippen MR) is 95.2 cm³/mol. The molecule has 0 spiro atoms. The number of carbonyl (C=O) groups is 2. The van der Waals surface area contributed by atoms with Gasteiger partial charge >= 0.3 is 0 Å². The van der Waals surface area contributed by atoms with Crippen LogP contribution in [0, 0.1) is 12.8 Å². The van der Waals surface area contributed by atoms with Gasteiger partial charge in [0.15, 0.2) is 5.82 Å². The van der Waals surface area contributed by atoms with Gasteiger partial charge in [-0.25, -0.2) is 4.98 Å². The Labute approximate surface area is 152 Å². The molecular formula is C18H24N6O2. The number of aryl methyl sites for hydroxylation is 1. The fourth-order valence-corrected chi connectivity index (χ4v) is 3.18. The molecule has 138 valence electrons. The van der Waals surface area contributed by atoms with E-state index < -0.39 is 0 Å². The Morgan fingerprint density at radius 2 is 2.08 bits per heavy atom. The molecular weight excluding hydrogens is 332 g/mol. The van der Waals surface area contributed by atoms with Crippen LogP contribution in [0.5, 0.6) is 0 Å². The highest BCUT2D eigenvalue weighted by molar-refractivity contribution is 5.94. The lowest BCUT2D eigenvalue weighted by Crippen LogP contribution is -2.40. The molecule has 1 aliphatic rings. The summed E-state index contributed by atoms with van der Waals surface area (Å²) in [5.74, 6) is 1.17. The Morgan fingerprint density at radius 3 is 2.69 bits per heavy atom. The number of hydrogen-bond acceptors (Lipinski definition) is 5. The zero-order chi connectivity index (χ0) is 18.7. The third kappa shape index (κ3) is 3.74. The van der Waals surface area contributed by atoms with E-state index in [4.69, 9.17) is 0 Å². The standard InChI is InChI=1S/C18H24N6O2/c1-12(2)17(25)24-10-9-23(18(26)14-5-4-7-19-11-14)8-6-15(24)16-20-13(3)21-22-16/h4-5,7,11-12,15H,6,8-10H2,1-3H3,(H,20,21,22). The molecule has 1 atom stereocenters.